The van der Waals surface area contributed by atoms with Crippen molar-refractivity contribution in [3.8, 4) is 5.75 Å². The molecule has 160 valence electrons. The van der Waals surface area contributed by atoms with Gasteiger partial charge in [0, 0.05) is 31.4 Å². The summed E-state index contributed by atoms with van der Waals surface area (Å²) < 4.78 is 5.20. The van der Waals surface area contributed by atoms with Crippen molar-refractivity contribution in [1.29, 1.82) is 0 Å². The highest BCUT2D eigenvalue weighted by Crippen LogP contribution is 2.24. The zero-order chi connectivity index (χ0) is 21.3. The minimum absolute atomic E-state index is 0.0115. The van der Waals surface area contributed by atoms with Crippen LogP contribution in [0.15, 0.2) is 47.6 Å². The number of ether oxygens (including phenoxy) is 1. The van der Waals surface area contributed by atoms with Gasteiger partial charge in [0.15, 0.2) is 0 Å². The van der Waals surface area contributed by atoms with Crippen molar-refractivity contribution in [2.75, 3.05) is 31.3 Å². The Morgan fingerprint density at radius 2 is 2.17 bits per heavy atom. The van der Waals surface area contributed by atoms with E-state index in [1.165, 1.54) is 11.8 Å². The normalized spacial score (nSPS) is 16.2. The van der Waals surface area contributed by atoms with E-state index < -0.39 is 0 Å². The van der Waals surface area contributed by atoms with Gasteiger partial charge in [-0.25, -0.2) is 4.98 Å². The number of piperidine rings is 1. The fraction of sp³-hybridized carbons (Fsp3) is 0.435. The summed E-state index contributed by atoms with van der Waals surface area (Å²) in [5.41, 5.74) is 1.79. The molecular formula is C23H29N3O3S. The Hall–Kier alpha value is -2.54. The number of methoxy groups -OCH3 is 1. The van der Waals surface area contributed by atoms with Gasteiger partial charge < -0.3 is 15.0 Å². The number of thioether (sulfide) groups is 1. The predicted octanol–water partition coefficient (Wildman–Crippen LogP) is 4.15. The summed E-state index contributed by atoms with van der Waals surface area (Å²) in [4.78, 5) is 31.2. The van der Waals surface area contributed by atoms with Gasteiger partial charge in [0.2, 0.25) is 11.8 Å². The number of rotatable bonds is 8. The molecule has 0 bridgehead atoms. The Bertz CT molecular complexity index is 860. The Morgan fingerprint density at radius 3 is 2.90 bits per heavy atom. The number of likely N-dealkylation sites (tertiary alicyclic amines) is 1. The van der Waals surface area contributed by atoms with E-state index in [0.717, 1.165) is 54.4 Å². The average molecular weight is 428 g/mol. The van der Waals surface area contributed by atoms with Crippen molar-refractivity contribution in [1.82, 2.24) is 9.88 Å². The lowest BCUT2D eigenvalue weighted by atomic mass is 9.93. The molecule has 0 spiro atoms. The van der Waals surface area contributed by atoms with Crippen molar-refractivity contribution in [2.24, 2.45) is 5.92 Å². The van der Waals surface area contributed by atoms with E-state index in [-0.39, 0.29) is 11.8 Å². The number of hydrogen-bond donors (Lipinski definition) is 1. The molecule has 30 heavy (non-hydrogen) atoms. The molecule has 2 heterocycles. The molecule has 1 N–H and O–H groups in total. The number of aromatic nitrogens is 1. The SMILES string of the molecule is COc1ccc(NC(=O)CC[C@@H]2CCCN(C(=O)CSc3ccccn3)C2)c(C)c1. The van der Waals surface area contributed by atoms with E-state index >= 15 is 0 Å². The summed E-state index contributed by atoms with van der Waals surface area (Å²) in [6, 6.07) is 11.3. The standard InChI is InChI=1S/C23H29N3O3S/c1-17-14-19(29-2)9-10-20(17)25-21(27)11-8-18-6-5-13-26(15-18)23(28)16-30-22-7-3-4-12-24-22/h3-4,7,9-10,12,14,18H,5-6,8,11,13,15-16H2,1-2H3,(H,25,27)/t18-/m0/s1. The van der Waals surface area contributed by atoms with Gasteiger partial charge in [-0.2, -0.15) is 0 Å². The highest BCUT2D eigenvalue weighted by atomic mass is 32.2. The van der Waals surface area contributed by atoms with Crippen LogP contribution in [0.5, 0.6) is 5.75 Å². The van der Waals surface area contributed by atoms with Gasteiger partial charge in [0.25, 0.3) is 0 Å². The molecule has 0 saturated carbocycles. The van der Waals surface area contributed by atoms with E-state index in [2.05, 4.69) is 10.3 Å². The maximum atomic E-state index is 12.6. The largest absolute Gasteiger partial charge is 0.497 e. The first-order chi connectivity index (χ1) is 14.5. The highest BCUT2D eigenvalue weighted by molar-refractivity contribution is 7.99. The summed E-state index contributed by atoms with van der Waals surface area (Å²) in [6.07, 6.45) is 5.04. The van der Waals surface area contributed by atoms with Gasteiger partial charge >= 0.3 is 0 Å². The topological polar surface area (TPSA) is 71.5 Å². The van der Waals surface area contributed by atoms with Gasteiger partial charge in [-0.1, -0.05) is 17.8 Å². The van der Waals surface area contributed by atoms with E-state index in [4.69, 9.17) is 4.74 Å². The molecule has 0 radical (unpaired) electrons. The summed E-state index contributed by atoms with van der Waals surface area (Å²) in [5, 5.41) is 3.85. The first-order valence-corrected chi connectivity index (χ1v) is 11.3. The Labute approximate surface area is 182 Å². The maximum Gasteiger partial charge on any atom is 0.232 e. The molecule has 1 atom stereocenters. The molecule has 2 amide bonds. The Kier molecular flexibility index (Phi) is 8.13. The smallest absolute Gasteiger partial charge is 0.232 e. The molecule has 1 fully saturated rings. The quantitative estimate of drug-likeness (QED) is 0.641. The first kappa shape index (κ1) is 22.2. The molecule has 1 aromatic heterocycles. The molecule has 7 heteroatoms. The maximum absolute atomic E-state index is 12.6. The number of carbonyl (C=O) groups excluding carboxylic acids is 2. The molecular weight excluding hydrogens is 398 g/mol. The van der Waals surface area contributed by atoms with Crippen molar-refractivity contribution in [2.45, 2.75) is 37.6 Å². The molecule has 0 aliphatic carbocycles. The van der Waals surface area contributed by atoms with Crippen molar-refractivity contribution in [3.05, 3.63) is 48.2 Å². The number of nitrogens with zero attached hydrogens (tertiary/aromatic N) is 2. The summed E-state index contributed by atoms with van der Waals surface area (Å²) in [6.45, 7) is 3.48. The molecule has 1 aliphatic rings. The third-order valence-electron chi connectivity index (χ3n) is 5.34. The third-order valence-corrected chi connectivity index (χ3v) is 6.27. The van der Waals surface area contributed by atoms with E-state index in [1.54, 1.807) is 13.3 Å². The third kappa shape index (κ3) is 6.49. The molecule has 3 rings (SSSR count). The molecule has 1 aliphatic heterocycles. The fourth-order valence-electron chi connectivity index (χ4n) is 3.64. The monoisotopic (exact) mass is 427 g/mol. The van der Waals surface area contributed by atoms with Crippen LogP contribution in [0.25, 0.3) is 0 Å². The van der Waals surface area contributed by atoms with Gasteiger partial charge in [-0.05, 0) is 68.0 Å². The summed E-state index contributed by atoms with van der Waals surface area (Å²) in [7, 11) is 1.63. The van der Waals surface area contributed by atoms with Crippen LogP contribution in [0.4, 0.5) is 5.69 Å². The van der Waals surface area contributed by atoms with Crippen LogP contribution >= 0.6 is 11.8 Å². The Morgan fingerprint density at radius 1 is 1.30 bits per heavy atom. The van der Waals surface area contributed by atoms with Crippen LogP contribution in [-0.2, 0) is 9.59 Å². The van der Waals surface area contributed by atoms with Crippen LogP contribution < -0.4 is 10.1 Å². The molecule has 0 unspecified atom stereocenters. The second-order valence-corrected chi connectivity index (χ2v) is 8.57. The number of benzene rings is 1. The minimum atomic E-state index is 0.0115. The fourth-order valence-corrected chi connectivity index (χ4v) is 4.40. The second-order valence-electron chi connectivity index (χ2n) is 7.57. The molecule has 1 aromatic carbocycles. The van der Waals surface area contributed by atoms with E-state index in [9.17, 15) is 9.59 Å². The Balaban J connectivity index is 1.43. The van der Waals surface area contributed by atoms with Crippen LogP contribution in [0.2, 0.25) is 0 Å². The summed E-state index contributed by atoms with van der Waals surface area (Å²) >= 11 is 1.47. The molecule has 2 aromatic rings. The minimum Gasteiger partial charge on any atom is -0.497 e. The number of hydrogen-bond acceptors (Lipinski definition) is 5. The number of carbonyl (C=O) groups is 2. The predicted molar refractivity (Wildman–Crippen MR) is 120 cm³/mol. The van der Waals surface area contributed by atoms with Gasteiger partial charge in [-0.3, -0.25) is 9.59 Å². The number of nitrogens with one attached hydrogen (secondary N) is 1. The van der Waals surface area contributed by atoms with Crippen LogP contribution in [0, 0.1) is 12.8 Å². The molecule has 1 saturated heterocycles. The van der Waals surface area contributed by atoms with Crippen LogP contribution in [0.3, 0.4) is 0 Å². The van der Waals surface area contributed by atoms with Crippen molar-refractivity contribution >= 4 is 29.3 Å². The summed E-state index contributed by atoms with van der Waals surface area (Å²) in [5.74, 6) is 1.70. The zero-order valence-electron chi connectivity index (χ0n) is 17.6. The lowest BCUT2D eigenvalue weighted by Gasteiger charge is -2.32. The highest BCUT2D eigenvalue weighted by Gasteiger charge is 2.24. The lowest BCUT2D eigenvalue weighted by Crippen LogP contribution is -2.41. The van der Waals surface area contributed by atoms with Crippen molar-refractivity contribution < 1.29 is 14.3 Å². The average Bonchev–Trinajstić information content (AvgIpc) is 2.78. The van der Waals surface area contributed by atoms with Gasteiger partial charge in [-0.15, -0.1) is 0 Å². The molecule has 6 nitrogen and oxygen atoms in total. The van der Waals surface area contributed by atoms with Crippen LogP contribution in [0.1, 0.15) is 31.2 Å². The van der Waals surface area contributed by atoms with E-state index in [0.29, 0.717) is 18.1 Å². The lowest BCUT2D eigenvalue weighted by molar-refractivity contribution is -0.130. The van der Waals surface area contributed by atoms with Gasteiger partial charge in [0.05, 0.1) is 17.9 Å². The van der Waals surface area contributed by atoms with Crippen molar-refractivity contribution in [3.63, 3.8) is 0 Å². The first-order valence-electron chi connectivity index (χ1n) is 10.3. The number of amides is 2. The van der Waals surface area contributed by atoms with Gasteiger partial charge in [0.1, 0.15) is 5.75 Å². The zero-order valence-corrected chi connectivity index (χ0v) is 18.4. The second kappa shape index (κ2) is 11.0. The number of pyridine rings is 1. The van der Waals surface area contributed by atoms with Crippen LogP contribution in [-0.4, -0.2) is 47.7 Å². The number of aryl methyl sites for hydroxylation is 1. The number of anilines is 1. The van der Waals surface area contributed by atoms with E-state index in [1.807, 2.05) is 48.2 Å².